The summed E-state index contributed by atoms with van der Waals surface area (Å²) in [6.45, 7) is 8.09. The molecule has 1 heterocycles. The number of aryl methyl sites for hydroxylation is 1. The van der Waals surface area contributed by atoms with Crippen LogP contribution in [0.4, 0.5) is 0 Å². The minimum Gasteiger partial charge on any atom is -0.379 e. The maximum Gasteiger partial charge on any atom is 0.182 e. The van der Waals surface area contributed by atoms with Gasteiger partial charge in [0.25, 0.3) is 0 Å². The molecule has 1 aliphatic rings. The molecule has 1 saturated carbocycles. The average molecular weight is 284 g/mol. The molecule has 0 radical (unpaired) electrons. The third kappa shape index (κ3) is 3.61. The zero-order valence-corrected chi connectivity index (χ0v) is 12.7. The third-order valence-electron chi connectivity index (χ3n) is 3.71. The number of alkyl halides is 1. The van der Waals surface area contributed by atoms with Gasteiger partial charge in [0.15, 0.2) is 5.78 Å². The van der Waals surface area contributed by atoms with Gasteiger partial charge in [-0.1, -0.05) is 0 Å². The van der Waals surface area contributed by atoms with Gasteiger partial charge < -0.3 is 9.30 Å². The number of rotatable bonds is 7. The molecule has 19 heavy (non-hydrogen) atoms. The first-order valence-electron chi connectivity index (χ1n) is 6.93. The van der Waals surface area contributed by atoms with E-state index >= 15 is 0 Å². The molecule has 0 amide bonds. The lowest BCUT2D eigenvalue weighted by molar-refractivity contribution is 0.0990. The summed E-state index contributed by atoms with van der Waals surface area (Å²) in [5.74, 6) is 0.793. The maximum absolute atomic E-state index is 12.0. The van der Waals surface area contributed by atoms with E-state index in [2.05, 4.69) is 4.57 Å². The van der Waals surface area contributed by atoms with E-state index in [1.807, 2.05) is 19.9 Å². The molecular weight excluding hydrogens is 262 g/mol. The Hall–Kier alpha value is -0.800. The van der Waals surface area contributed by atoms with Crippen molar-refractivity contribution < 1.29 is 9.53 Å². The second kappa shape index (κ2) is 6.10. The molecule has 0 bridgehead atoms. The predicted octanol–water partition coefficient (Wildman–Crippen LogP) is 3.34. The third-order valence-corrected chi connectivity index (χ3v) is 3.91. The highest BCUT2D eigenvalue weighted by Crippen LogP contribution is 2.28. The van der Waals surface area contributed by atoms with Crippen LogP contribution in [0.2, 0.25) is 0 Å². The number of ketones is 1. The number of hydrogen-bond acceptors (Lipinski definition) is 2. The van der Waals surface area contributed by atoms with Crippen LogP contribution in [0.15, 0.2) is 6.07 Å². The fourth-order valence-corrected chi connectivity index (χ4v) is 2.42. The van der Waals surface area contributed by atoms with E-state index in [4.69, 9.17) is 16.3 Å². The number of carbonyl (C=O) groups is 1. The van der Waals surface area contributed by atoms with Crippen molar-refractivity contribution in [3.63, 3.8) is 0 Å². The molecule has 1 fully saturated rings. The number of aromatic nitrogens is 1. The molecule has 0 saturated heterocycles. The van der Waals surface area contributed by atoms with E-state index in [0.29, 0.717) is 6.61 Å². The average Bonchev–Trinajstić information content (AvgIpc) is 3.13. The van der Waals surface area contributed by atoms with E-state index in [9.17, 15) is 4.79 Å². The Morgan fingerprint density at radius 1 is 1.53 bits per heavy atom. The fourth-order valence-electron chi connectivity index (χ4n) is 2.30. The Morgan fingerprint density at radius 2 is 2.21 bits per heavy atom. The molecule has 0 N–H and O–H groups in total. The molecule has 2 rings (SSSR count). The highest BCUT2D eigenvalue weighted by molar-refractivity contribution is 6.33. The van der Waals surface area contributed by atoms with Crippen LogP contribution in [0.3, 0.4) is 0 Å². The van der Waals surface area contributed by atoms with Crippen LogP contribution in [0.25, 0.3) is 0 Å². The number of nitrogens with zero attached hydrogens (tertiary/aromatic N) is 1. The van der Waals surface area contributed by atoms with Gasteiger partial charge in [0.05, 0.1) is 12.0 Å². The summed E-state index contributed by atoms with van der Waals surface area (Å²) in [6.07, 6.45) is 2.63. The van der Waals surface area contributed by atoms with Crippen molar-refractivity contribution in [2.45, 2.75) is 45.5 Å². The molecule has 3 nitrogen and oxygen atoms in total. The SMILES string of the molecule is Cc1cc(C(=O)C(C)Cl)c(C)n1CCOCC1CC1. The van der Waals surface area contributed by atoms with E-state index in [-0.39, 0.29) is 5.78 Å². The van der Waals surface area contributed by atoms with Gasteiger partial charge in [-0.3, -0.25) is 4.79 Å². The lowest BCUT2D eigenvalue weighted by Gasteiger charge is -2.10. The van der Waals surface area contributed by atoms with Crippen molar-refractivity contribution in [2.75, 3.05) is 13.2 Å². The molecule has 0 aromatic carbocycles. The summed E-state index contributed by atoms with van der Waals surface area (Å²) in [4.78, 5) is 12.0. The van der Waals surface area contributed by atoms with Gasteiger partial charge in [0.1, 0.15) is 0 Å². The molecule has 1 aromatic rings. The summed E-state index contributed by atoms with van der Waals surface area (Å²) >= 11 is 5.88. The Kier molecular flexibility index (Phi) is 4.69. The molecule has 1 aliphatic carbocycles. The molecule has 1 unspecified atom stereocenters. The van der Waals surface area contributed by atoms with Crippen LogP contribution >= 0.6 is 11.6 Å². The minimum atomic E-state index is -0.472. The number of ether oxygens (including phenoxy) is 1. The van der Waals surface area contributed by atoms with Crippen molar-refractivity contribution >= 4 is 17.4 Å². The Morgan fingerprint density at radius 3 is 2.79 bits per heavy atom. The van der Waals surface area contributed by atoms with E-state index in [0.717, 1.165) is 36.0 Å². The van der Waals surface area contributed by atoms with Crippen LogP contribution in [0.5, 0.6) is 0 Å². The van der Waals surface area contributed by atoms with Crippen LogP contribution in [-0.2, 0) is 11.3 Å². The molecular formula is C15H22ClNO2. The molecule has 0 spiro atoms. The molecule has 106 valence electrons. The van der Waals surface area contributed by atoms with Crippen molar-refractivity contribution in [3.05, 3.63) is 23.0 Å². The first kappa shape index (κ1) is 14.6. The zero-order chi connectivity index (χ0) is 14.0. The van der Waals surface area contributed by atoms with Crippen LogP contribution < -0.4 is 0 Å². The first-order valence-corrected chi connectivity index (χ1v) is 7.37. The first-order chi connectivity index (χ1) is 9.00. The monoisotopic (exact) mass is 283 g/mol. The molecule has 4 heteroatoms. The maximum atomic E-state index is 12.0. The lowest BCUT2D eigenvalue weighted by Crippen LogP contribution is -2.13. The predicted molar refractivity (Wildman–Crippen MR) is 77.1 cm³/mol. The number of Topliss-reactive ketones (excluding diaryl/α,β-unsaturated/α-hetero) is 1. The highest BCUT2D eigenvalue weighted by atomic mass is 35.5. The van der Waals surface area contributed by atoms with Gasteiger partial charge in [-0.2, -0.15) is 0 Å². The summed E-state index contributed by atoms with van der Waals surface area (Å²) in [5.41, 5.74) is 2.82. The number of halogens is 1. The molecule has 0 aliphatic heterocycles. The highest BCUT2D eigenvalue weighted by Gasteiger charge is 2.21. The minimum absolute atomic E-state index is 0.0000783. The van der Waals surface area contributed by atoms with Crippen LogP contribution in [0, 0.1) is 19.8 Å². The van der Waals surface area contributed by atoms with Gasteiger partial charge in [0.2, 0.25) is 0 Å². The Balaban J connectivity index is 1.97. The summed E-state index contributed by atoms with van der Waals surface area (Å²) in [6, 6.07) is 1.93. The summed E-state index contributed by atoms with van der Waals surface area (Å²) in [5, 5.41) is -0.472. The number of hydrogen-bond donors (Lipinski definition) is 0. The van der Waals surface area contributed by atoms with Crippen molar-refractivity contribution in [2.24, 2.45) is 5.92 Å². The van der Waals surface area contributed by atoms with Gasteiger partial charge in [-0.25, -0.2) is 0 Å². The van der Waals surface area contributed by atoms with Crippen molar-refractivity contribution in [3.8, 4) is 0 Å². The quantitative estimate of drug-likeness (QED) is 0.437. The Bertz CT molecular complexity index is 461. The van der Waals surface area contributed by atoms with Gasteiger partial charge in [-0.15, -0.1) is 11.6 Å². The van der Waals surface area contributed by atoms with E-state index in [1.54, 1.807) is 6.92 Å². The lowest BCUT2D eigenvalue weighted by atomic mass is 10.1. The largest absolute Gasteiger partial charge is 0.379 e. The van der Waals surface area contributed by atoms with Crippen molar-refractivity contribution in [1.82, 2.24) is 4.57 Å². The second-order valence-electron chi connectivity index (χ2n) is 5.43. The summed E-state index contributed by atoms with van der Waals surface area (Å²) in [7, 11) is 0. The second-order valence-corrected chi connectivity index (χ2v) is 6.09. The summed E-state index contributed by atoms with van der Waals surface area (Å²) < 4.78 is 7.80. The topological polar surface area (TPSA) is 31.2 Å². The molecule has 1 atom stereocenters. The van der Waals surface area contributed by atoms with Gasteiger partial charge >= 0.3 is 0 Å². The van der Waals surface area contributed by atoms with Crippen LogP contribution in [0.1, 0.15) is 41.5 Å². The van der Waals surface area contributed by atoms with E-state index < -0.39 is 5.38 Å². The van der Waals surface area contributed by atoms with Crippen molar-refractivity contribution in [1.29, 1.82) is 0 Å². The smallest absolute Gasteiger partial charge is 0.182 e. The van der Waals surface area contributed by atoms with Gasteiger partial charge in [-0.05, 0) is 45.6 Å². The Labute approximate surface area is 119 Å². The number of carbonyl (C=O) groups excluding carboxylic acids is 1. The zero-order valence-electron chi connectivity index (χ0n) is 11.9. The standard InChI is InChI=1S/C15H22ClNO2/c1-10-8-14(15(18)11(2)16)12(3)17(10)6-7-19-9-13-4-5-13/h8,11,13H,4-7,9H2,1-3H3. The fraction of sp³-hybridized carbons (Fsp3) is 0.667. The van der Waals surface area contributed by atoms with Gasteiger partial charge in [0, 0.05) is 30.1 Å². The normalized spacial score (nSPS) is 16.6. The van der Waals surface area contributed by atoms with E-state index in [1.165, 1.54) is 12.8 Å². The molecule has 1 aromatic heterocycles. The van der Waals surface area contributed by atoms with Crippen LogP contribution in [-0.4, -0.2) is 28.9 Å².